The van der Waals surface area contributed by atoms with Crippen molar-refractivity contribution in [1.29, 1.82) is 0 Å². The van der Waals surface area contributed by atoms with E-state index in [2.05, 4.69) is 10.2 Å². The largest absolute Gasteiger partial charge is 0.315 e. The van der Waals surface area contributed by atoms with Gasteiger partial charge in [0.25, 0.3) is 5.69 Å². The number of benzene rings is 1. The predicted molar refractivity (Wildman–Crippen MR) is 70.8 cm³/mol. The zero-order valence-corrected chi connectivity index (χ0v) is 11.0. The first-order valence-corrected chi connectivity index (χ1v) is 6.30. The van der Waals surface area contributed by atoms with Crippen LogP contribution in [0.2, 0.25) is 5.02 Å². The average Bonchev–Trinajstić information content (AvgIpc) is 2.85. The fourth-order valence-electron chi connectivity index (χ4n) is 2.27. The molecule has 0 saturated carbocycles. The van der Waals surface area contributed by atoms with Crippen LogP contribution in [0.4, 0.5) is 5.69 Å². The second-order valence-electron chi connectivity index (χ2n) is 4.56. The maximum absolute atomic E-state index is 11.0. The Morgan fingerprint density at radius 2 is 2.39 bits per heavy atom. The molecule has 1 atom stereocenters. The Labute approximate surface area is 111 Å². The lowest BCUT2D eigenvalue weighted by Gasteiger charge is -2.23. The lowest BCUT2D eigenvalue weighted by Crippen LogP contribution is -2.33. The first-order valence-electron chi connectivity index (χ1n) is 5.92. The van der Waals surface area contributed by atoms with Gasteiger partial charge in [0.2, 0.25) is 0 Å². The van der Waals surface area contributed by atoms with Crippen molar-refractivity contribution in [2.45, 2.75) is 19.0 Å². The van der Waals surface area contributed by atoms with Crippen LogP contribution in [0.25, 0.3) is 0 Å². The van der Waals surface area contributed by atoms with Crippen LogP contribution in [-0.4, -0.2) is 36.0 Å². The third-order valence-corrected chi connectivity index (χ3v) is 3.71. The Balaban J connectivity index is 2.19. The summed E-state index contributed by atoms with van der Waals surface area (Å²) in [5.74, 6) is 0. The number of nitro groups is 1. The summed E-state index contributed by atoms with van der Waals surface area (Å²) < 4.78 is 0. The molecule has 6 heteroatoms. The highest BCUT2D eigenvalue weighted by Gasteiger charge is 2.23. The average molecular weight is 270 g/mol. The van der Waals surface area contributed by atoms with Gasteiger partial charge in [0, 0.05) is 25.2 Å². The van der Waals surface area contributed by atoms with Crippen LogP contribution in [0.5, 0.6) is 0 Å². The molecule has 1 aliphatic heterocycles. The van der Waals surface area contributed by atoms with Crippen molar-refractivity contribution in [3.63, 3.8) is 0 Å². The van der Waals surface area contributed by atoms with E-state index in [1.54, 1.807) is 12.1 Å². The normalized spacial score (nSPS) is 19.4. The smallest absolute Gasteiger partial charge is 0.275 e. The molecule has 0 bridgehead atoms. The van der Waals surface area contributed by atoms with E-state index in [9.17, 15) is 10.1 Å². The SMILES string of the molecule is CN(Cc1c(Cl)cccc1[N+](=O)[O-])C1CCNC1. The molecule has 0 radical (unpaired) electrons. The molecule has 1 heterocycles. The fraction of sp³-hybridized carbons (Fsp3) is 0.500. The minimum absolute atomic E-state index is 0.0975. The standard InChI is InChI=1S/C12H16ClN3O2/c1-15(9-5-6-14-7-9)8-10-11(13)3-2-4-12(10)16(17)18/h2-4,9,14H,5-8H2,1H3. The van der Waals surface area contributed by atoms with Gasteiger partial charge in [0.1, 0.15) is 0 Å². The van der Waals surface area contributed by atoms with Crippen molar-refractivity contribution >= 4 is 17.3 Å². The lowest BCUT2D eigenvalue weighted by molar-refractivity contribution is -0.385. The lowest BCUT2D eigenvalue weighted by atomic mass is 10.1. The van der Waals surface area contributed by atoms with E-state index in [-0.39, 0.29) is 10.6 Å². The molecule has 98 valence electrons. The van der Waals surface area contributed by atoms with Gasteiger partial charge in [-0.3, -0.25) is 15.0 Å². The van der Waals surface area contributed by atoms with E-state index in [0.717, 1.165) is 19.5 Å². The molecule has 1 aromatic rings. The topological polar surface area (TPSA) is 58.4 Å². The third kappa shape index (κ3) is 2.80. The molecule has 1 saturated heterocycles. The monoisotopic (exact) mass is 269 g/mol. The second-order valence-corrected chi connectivity index (χ2v) is 4.96. The van der Waals surface area contributed by atoms with Gasteiger partial charge < -0.3 is 5.32 Å². The van der Waals surface area contributed by atoms with Crippen molar-refractivity contribution in [3.05, 3.63) is 38.9 Å². The Morgan fingerprint density at radius 3 is 3.00 bits per heavy atom. The minimum atomic E-state index is -0.373. The van der Waals surface area contributed by atoms with Crippen molar-refractivity contribution in [3.8, 4) is 0 Å². The van der Waals surface area contributed by atoms with Crippen LogP contribution in [0.1, 0.15) is 12.0 Å². The molecule has 1 N–H and O–H groups in total. The van der Waals surface area contributed by atoms with Gasteiger partial charge in [0.05, 0.1) is 15.5 Å². The Morgan fingerprint density at radius 1 is 1.61 bits per heavy atom. The molecular formula is C12H16ClN3O2. The molecule has 18 heavy (non-hydrogen) atoms. The molecule has 0 amide bonds. The van der Waals surface area contributed by atoms with E-state index < -0.39 is 0 Å². The highest BCUT2D eigenvalue weighted by molar-refractivity contribution is 6.31. The molecule has 1 unspecified atom stereocenters. The Kier molecular flexibility index (Phi) is 4.16. The third-order valence-electron chi connectivity index (χ3n) is 3.36. The highest BCUT2D eigenvalue weighted by atomic mass is 35.5. The first-order chi connectivity index (χ1) is 8.59. The molecular weight excluding hydrogens is 254 g/mol. The van der Waals surface area contributed by atoms with E-state index in [1.807, 2.05) is 7.05 Å². The second kappa shape index (κ2) is 5.65. The van der Waals surface area contributed by atoms with Crippen molar-refractivity contribution < 1.29 is 4.92 Å². The summed E-state index contributed by atoms with van der Waals surface area (Å²) in [4.78, 5) is 12.7. The number of likely N-dealkylation sites (N-methyl/N-ethyl adjacent to an activating group) is 1. The minimum Gasteiger partial charge on any atom is -0.315 e. The maximum atomic E-state index is 11.0. The maximum Gasteiger partial charge on any atom is 0.275 e. The van der Waals surface area contributed by atoms with Crippen LogP contribution >= 0.6 is 11.6 Å². The number of hydrogen-bond acceptors (Lipinski definition) is 4. The van der Waals surface area contributed by atoms with Gasteiger partial charge in [-0.25, -0.2) is 0 Å². The van der Waals surface area contributed by atoms with E-state index in [0.29, 0.717) is 23.2 Å². The van der Waals surface area contributed by atoms with Crippen LogP contribution in [-0.2, 0) is 6.54 Å². The van der Waals surface area contributed by atoms with Gasteiger partial charge in [-0.05, 0) is 26.1 Å². The molecule has 0 spiro atoms. The molecule has 2 rings (SSSR count). The van der Waals surface area contributed by atoms with Crippen molar-refractivity contribution in [2.75, 3.05) is 20.1 Å². The highest BCUT2D eigenvalue weighted by Crippen LogP contribution is 2.28. The van der Waals surface area contributed by atoms with E-state index >= 15 is 0 Å². The predicted octanol–water partition coefficient (Wildman–Crippen LogP) is 2.04. The molecule has 1 aliphatic rings. The van der Waals surface area contributed by atoms with Crippen LogP contribution in [0.15, 0.2) is 18.2 Å². The van der Waals surface area contributed by atoms with Gasteiger partial charge >= 0.3 is 0 Å². The Bertz CT molecular complexity index is 447. The van der Waals surface area contributed by atoms with E-state index in [4.69, 9.17) is 11.6 Å². The zero-order valence-electron chi connectivity index (χ0n) is 10.2. The Hall–Kier alpha value is -1.17. The molecule has 0 aromatic heterocycles. The summed E-state index contributed by atoms with van der Waals surface area (Å²) in [6.07, 6.45) is 1.06. The van der Waals surface area contributed by atoms with Crippen LogP contribution in [0.3, 0.4) is 0 Å². The van der Waals surface area contributed by atoms with E-state index in [1.165, 1.54) is 6.07 Å². The summed E-state index contributed by atoms with van der Waals surface area (Å²) in [6, 6.07) is 5.23. The van der Waals surface area contributed by atoms with Gasteiger partial charge in [-0.15, -0.1) is 0 Å². The van der Waals surface area contributed by atoms with Gasteiger partial charge in [-0.1, -0.05) is 17.7 Å². The summed E-state index contributed by atoms with van der Waals surface area (Å²) in [5.41, 5.74) is 0.693. The van der Waals surface area contributed by atoms with Crippen LogP contribution in [0, 0.1) is 10.1 Å². The molecule has 0 aliphatic carbocycles. The summed E-state index contributed by atoms with van der Waals surface area (Å²) in [5, 5.41) is 14.7. The number of nitro benzene ring substituents is 1. The van der Waals surface area contributed by atoms with Gasteiger partial charge in [0.15, 0.2) is 0 Å². The number of nitrogens with one attached hydrogen (secondary N) is 1. The molecule has 1 aromatic carbocycles. The number of hydrogen-bond donors (Lipinski definition) is 1. The molecule has 1 fully saturated rings. The van der Waals surface area contributed by atoms with Crippen LogP contribution < -0.4 is 5.32 Å². The first kappa shape index (κ1) is 13.3. The van der Waals surface area contributed by atoms with Crippen molar-refractivity contribution in [2.24, 2.45) is 0 Å². The molecule has 5 nitrogen and oxygen atoms in total. The summed E-state index contributed by atoms with van der Waals surface area (Å²) in [7, 11) is 1.98. The zero-order chi connectivity index (χ0) is 13.1. The number of nitrogens with zero attached hydrogens (tertiary/aromatic N) is 2. The summed E-state index contributed by atoms with van der Waals surface area (Å²) >= 11 is 6.08. The summed E-state index contributed by atoms with van der Waals surface area (Å²) in [6.45, 7) is 2.43. The number of rotatable bonds is 4. The number of halogens is 1. The van der Waals surface area contributed by atoms with Gasteiger partial charge in [-0.2, -0.15) is 0 Å². The fourth-order valence-corrected chi connectivity index (χ4v) is 2.50. The van der Waals surface area contributed by atoms with Crippen molar-refractivity contribution in [1.82, 2.24) is 10.2 Å². The quantitative estimate of drug-likeness (QED) is 0.671.